The third kappa shape index (κ3) is 4.21. The fourth-order valence-corrected chi connectivity index (χ4v) is 2.65. The van der Waals surface area contributed by atoms with E-state index in [4.69, 9.17) is 0 Å². The van der Waals surface area contributed by atoms with Gasteiger partial charge in [0.05, 0.1) is 0 Å². The average molecular weight is 340 g/mol. The summed E-state index contributed by atoms with van der Waals surface area (Å²) in [5, 5.41) is 6.38. The van der Waals surface area contributed by atoms with Gasteiger partial charge in [0.25, 0.3) is 0 Å². The largest absolute Gasteiger partial charge is 0.369 e. The fraction of sp³-hybridized carbons (Fsp3) is 0.533. The van der Waals surface area contributed by atoms with Gasteiger partial charge >= 0.3 is 0 Å². The summed E-state index contributed by atoms with van der Waals surface area (Å²) in [6, 6.07) is 6.82. The van der Waals surface area contributed by atoms with Crippen LogP contribution in [0, 0.1) is 0 Å². The summed E-state index contributed by atoms with van der Waals surface area (Å²) >= 11 is 3.54. The van der Waals surface area contributed by atoms with E-state index in [9.17, 15) is 4.79 Å². The molecule has 0 bridgehead atoms. The molecule has 0 unspecified atom stereocenters. The van der Waals surface area contributed by atoms with Crippen molar-refractivity contribution in [1.82, 2.24) is 10.6 Å². The minimum atomic E-state index is 0.143. The molecule has 1 fully saturated rings. The van der Waals surface area contributed by atoms with E-state index < -0.39 is 0 Å². The molecular formula is C15H22BrN3O. The zero-order chi connectivity index (χ0) is 14.5. The van der Waals surface area contributed by atoms with Gasteiger partial charge in [-0.25, -0.2) is 0 Å². The number of hydrogen-bond acceptors (Lipinski definition) is 3. The minimum Gasteiger partial charge on any atom is -0.369 e. The summed E-state index contributed by atoms with van der Waals surface area (Å²) in [7, 11) is 0. The standard InChI is InChI=1S/C15H22BrN3O/c1-11(2)18-10-12-3-4-13(16)9-14(12)19-7-5-15(20)17-6-8-19/h3-4,9,11,18H,5-8,10H2,1-2H3,(H,17,20). The molecule has 1 aliphatic heterocycles. The molecule has 0 radical (unpaired) electrons. The average Bonchev–Trinajstić information content (AvgIpc) is 2.62. The highest BCUT2D eigenvalue weighted by molar-refractivity contribution is 9.10. The van der Waals surface area contributed by atoms with Crippen LogP contribution in [-0.2, 0) is 11.3 Å². The lowest BCUT2D eigenvalue weighted by molar-refractivity contribution is -0.120. The first kappa shape index (κ1) is 15.3. The molecule has 1 aromatic rings. The summed E-state index contributed by atoms with van der Waals surface area (Å²) in [6.07, 6.45) is 0.559. The molecule has 1 saturated heterocycles. The maximum absolute atomic E-state index is 11.5. The van der Waals surface area contributed by atoms with Gasteiger partial charge in [0.2, 0.25) is 5.91 Å². The van der Waals surface area contributed by atoms with Crippen molar-refractivity contribution in [2.24, 2.45) is 0 Å². The first-order chi connectivity index (χ1) is 9.56. The molecule has 5 heteroatoms. The van der Waals surface area contributed by atoms with Crippen molar-refractivity contribution in [1.29, 1.82) is 0 Å². The molecule has 0 spiro atoms. The highest BCUT2D eigenvalue weighted by Gasteiger charge is 2.16. The monoisotopic (exact) mass is 339 g/mol. The fourth-order valence-electron chi connectivity index (χ4n) is 2.30. The molecule has 0 aromatic heterocycles. The zero-order valence-electron chi connectivity index (χ0n) is 12.1. The Morgan fingerprint density at radius 3 is 2.95 bits per heavy atom. The van der Waals surface area contributed by atoms with E-state index in [1.807, 2.05) is 0 Å². The third-order valence-corrected chi connectivity index (χ3v) is 3.89. The number of amides is 1. The number of carbonyl (C=O) groups is 1. The minimum absolute atomic E-state index is 0.143. The summed E-state index contributed by atoms with van der Waals surface area (Å²) in [5.41, 5.74) is 2.49. The summed E-state index contributed by atoms with van der Waals surface area (Å²) in [4.78, 5) is 13.8. The van der Waals surface area contributed by atoms with Gasteiger partial charge in [0, 0.05) is 48.8 Å². The van der Waals surface area contributed by atoms with Crippen LogP contribution in [0.3, 0.4) is 0 Å². The number of hydrogen-bond donors (Lipinski definition) is 2. The maximum atomic E-state index is 11.5. The number of rotatable bonds is 4. The Bertz CT molecular complexity index is 476. The second-order valence-corrected chi connectivity index (χ2v) is 6.31. The summed E-state index contributed by atoms with van der Waals surface area (Å²) < 4.78 is 1.07. The van der Waals surface area contributed by atoms with E-state index in [1.165, 1.54) is 11.3 Å². The van der Waals surface area contributed by atoms with Crippen LogP contribution in [0.5, 0.6) is 0 Å². The molecule has 1 heterocycles. The van der Waals surface area contributed by atoms with E-state index in [0.29, 0.717) is 19.0 Å². The number of carbonyl (C=O) groups excluding carboxylic acids is 1. The first-order valence-corrected chi connectivity index (χ1v) is 7.89. The van der Waals surface area contributed by atoms with Gasteiger partial charge < -0.3 is 15.5 Å². The van der Waals surface area contributed by atoms with Gasteiger partial charge in [-0.2, -0.15) is 0 Å². The van der Waals surface area contributed by atoms with E-state index in [1.54, 1.807) is 0 Å². The van der Waals surface area contributed by atoms with Gasteiger partial charge in [-0.3, -0.25) is 4.79 Å². The van der Waals surface area contributed by atoms with E-state index in [2.05, 4.69) is 63.5 Å². The van der Waals surface area contributed by atoms with Gasteiger partial charge in [-0.1, -0.05) is 35.8 Å². The summed E-state index contributed by atoms with van der Waals surface area (Å²) in [6.45, 7) is 7.48. The Morgan fingerprint density at radius 1 is 1.40 bits per heavy atom. The smallest absolute Gasteiger partial charge is 0.221 e. The molecule has 0 atom stereocenters. The number of benzene rings is 1. The normalized spacial score (nSPS) is 16.2. The molecule has 0 saturated carbocycles. The topological polar surface area (TPSA) is 44.4 Å². The lowest BCUT2D eigenvalue weighted by Gasteiger charge is -2.25. The predicted octanol–water partition coefficient (Wildman–Crippen LogP) is 2.27. The van der Waals surface area contributed by atoms with Crippen molar-refractivity contribution in [3.8, 4) is 0 Å². The number of anilines is 1. The lowest BCUT2D eigenvalue weighted by atomic mass is 10.1. The number of halogens is 1. The van der Waals surface area contributed by atoms with Crippen LogP contribution < -0.4 is 15.5 Å². The Hall–Kier alpha value is -1.07. The van der Waals surface area contributed by atoms with Crippen LogP contribution in [0.15, 0.2) is 22.7 Å². The Balaban J connectivity index is 2.19. The van der Waals surface area contributed by atoms with Gasteiger partial charge in [0.1, 0.15) is 0 Å². The predicted molar refractivity (Wildman–Crippen MR) is 86.0 cm³/mol. The SMILES string of the molecule is CC(C)NCc1ccc(Br)cc1N1CCNC(=O)CC1. The van der Waals surface area contributed by atoms with Crippen molar-refractivity contribution < 1.29 is 4.79 Å². The van der Waals surface area contributed by atoms with Gasteiger partial charge in [-0.05, 0) is 17.7 Å². The van der Waals surface area contributed by atoms with Crippen molar-refractivity contribution in [3.05, 3.63) is 28.2 Å². The summed E-state index contributed by atoms with van der Waals surface area (Å²) in [5.74, 6) is 0.143. The van der Waals surface area contributed by atoms with Crippen LogP contribution in [-0.4, -0.2) is 31.6 Å². The highest BCUT2D eigenvalue weighted by Crippen LogP contribution is 2.26. The highest BCUT2D eigenvalue weighted by atomic mass is 79.9. The second-order valence-electron chi connectivity index (χ2n) is 5.40. The zero-order valence-corrected chi connectivity index (χ0v) is 13.7. The molecule has 1 aromatic carbocycles. The number of nitrogens with zero attached hydrogens (tertiary/aromatic N) is 1. The van der Waals surface area contributed by atoms with E-state index in [-0.39, 0.29) is 5.91 Å². The van der Waals surface area contributed by atoms with Gasteiger partial charge in [0.15, 0.2) is 0 Å². The van der Waals surface area contributed by atoms with E-state index >= 15 is 0 Å². The molecule has 110 valence electrons. The van der Waals surface area contributed by atoms with Crippen LogP contribution in [0.4, 0.5) is 5.69 Å². The Morgan fingerprint density at radius 2 is 2.20 bits per heavy atom. The van der Waals surface area contributed by atoms with Crippen molar-refractivity contribution in [3.63, 3.8) is 0 Å². The Labute approximate surface area is 129 Å². The molecule has 4 nitrogen and oxygen atoms in total. The molecule has 0 aliphatic carbocycles. The third-order valence-electron chi connectivity index (χ3n) is 3.40. The number of nitrogens with one attached hydrogen (secondary N) is 2. The molecule has 2 rings (SSSR count). The van der Waals surface area contributed by atoms with Crippen molar-refractivity contribution in [2.75, 3.05) is 24.5 Å². The van der Waals surface area contributed by atoms with Crippen LogP contribution in [0.25, 0.3) is 0 Å². The molecule has 20 heavy (non-hydrogen) atoms. The molecule has 2 N–H and O–H groups in total. The quantitative estimate of drug-likeness (QED) is 0.884. The molecular weight excluding hydrogens is 318 g/mol. The van der Waals surface area contributed by atoms with Crippen LogP contribution in [0.2, 0.25) is 0 Å². The van der Waals surface area contributed by atoms with Crippen LogP contribution in [0.1, 0.15) is 25.8 Å². The second kappa shape index (κ2) is 7.09. The lowest BCUT2D eigenvalue weighted by Crippen LogP contribution is -2.30. The molecule has 1 amide bonds. The molecule has 1 aliphatic rings. The van der Waals surface area contributed by atoms with Crippen molar-refractivity contribution >= 4 is 27.5 Å². The van der Waals surface area contributed by atoms with Crippen LogP contribution >= 0.6 is 15.9 Å². The van der Waals surface area contributed by atoms with Gasteiger partial charge in [-0.15, -0.1) is 0 Å². The van der Waals surface area contributed by atoms with E-state index in [0.717, 1.165) is 24.1 Å². The maximum Gasteiger partial charge on any atom is 0.221 e. The first-order valence-electron chi connectivity index (χ1n) is 7.09. The Kier molecular flexibility index (Phi) is 5.43. The van der Waals surface area contributed by atoms with Crippen molar-refractivity contribution in [2.45, 2.75) is 32.9 Å².